The van der Waals surface area contributed by atoms with Crippen molar-refractivity contribution in [3.8, 4) is 0 Å². The van der Waals surface area contributed by atoms with Crippen LogP contribution in [0.4, 0.5) is 10.1 Å². The number of carboxylic acids is 1. The van der Waals surface area contributed by atoms with Crippen LogP contribution in [-0.4, -0.2) is 11.1 Å². The Balaban J connectivity index is 2.34. The predicted octanol–water partition coefficient (Wildman–Crippen LogP) is 4.59. The molecular weight excluding hydrogens is 393 g/mol. The maximum absolute atomic E-state index is 13.2. The minimum absolute atomic E-state index is 0.232. The smallest absolute Gasteiger partial charge is 0.330 e. The molecule has 3 nitrogen and oxygen atoms in total. The summed E-state index contributed by atoms with van der Waals surface area (Å²) in [5.41, 5.74) is 1.11. The number of para-hydroxylation sites is 1. The van der Waals surface area contributed by atoms with Gasteiger partial charge in [-0.25, -0.2) is 9.18 Å². The van der Waals surface area contributed by atoms with Gasteiger partial charge in [0.1, 0.15) is 5.82 Å². The molecule has 0 heterocycles. The van der Waals surface area contributed by atoms with Crippen molar-refractivity contribution in [2.75, 3.05) is 5.32 Å². The lowest BCUT2D eigenvalue weighted by molar-refractivity contribution is -0.138. The minimum Gasteiger partial charge on any atom is -0.479 e. The molecule has 0 aliphatic carbocycles. The van der Waals surface area contributed by atoms with Crippen LogP contribution in [0, 0.1) is 5.82 Å². The van der Waals surface area contributed by atoms with Gasteiger partial charge in [-0.2, -0.15) is 0 Å². The number of hydrogen-bond donors (Lipinski definition) is 2. The number of nitrogens with one attached hydrogen (secondary N) is 1. The summed E-state index contributed by atoms with van der Waals surface area (Å²) in [5.74, 6) is -1.47. The number of rotatable bonds is 4. The lowest BCUT2D eigenvalue weighted by Crippen LogP contribution is -2.20. The van der Waals surface area contributed by atoms with Crippen molar-refractivity contribution in [1.29, 1.82) is 0 Å². The minimum atomic E-state index is -1.04. The molecule has 104 valence electrons. The third-order valence-corrected chi connectivity index (χ3v) is 4.00. The first-order chi connectivity index (χ1) is 9.49. The third kappa shape index (κ3) is 3.37. The Kier molecular flexibility index (Phi) is 4.77. The molecule has 2 rings (SSSR count). The average molecular weight is 403 g/mol. The standard InChI is InChI=1S/C14H10Br2FNO2/c15-9-3-1-2-4-12(9)18-13(14(19)20)8-5-6-11(17)10(16)7-8/h1-7,13,18H,(H,19,20). The highest BCUT2D eigenvalue weighted by Gasteiger charge is 2.21. The fourth-order valence-corrected chi connectivity index (χ4v) is 2.51. The van der Waals surface area contributed by atoms with E-state index < -0.39 is 17.8 Å². The van der Waals surface area contributed by atoms with Crippen molar-refractivity contribution in [3.63, 3.8) is 0 Å². The lowest BCUT2D eigenvalue weighted by atomic mass is 10.1. The molecule has 1 atom stereocenters. The van der Waals surface area contributed by atoms with Gasteiger partial charge in [-0.05, 0) is 61.7 Å². The Hall–Kier alpha value is -1.40. The Morgan fingerprint density at radius 3 is 2.45 bits per heavy atom. The van der Waals surface area contributed by atoms with Crippen LogP contribution in [0.5, 0.6) is 0 Å². The lowest BCUT2D eigenvalue weighted by Gasteiger charge is -2.17. The largest absolute Gasteiger partial charge is 0.479 e. The Labute approximate surface area is 132 Å². The van der Waals surface area contributed by atoms with Crippen LogP contribution in [0.1, 0.15) is 11.6 Å². The first-order valence-electron chi connectivity index (χ1n) is 5.68. The van der Waals surface area contributed by atoms with Crippen LogP contribution in [0.2, 0.25) is 0 Å². The molecule has 2 N–H and O–H groups in total. The zero-order valence-corrected chi connectivity index (χ0v) is 13.3. The van der Waals surface area contributed by atoms with E-state index in [2.05, 4.69) is 37.2 Å². The van der Waals surface area contributed by atoms with Crippen molar-refractivity contribution in [1.82, 2.24) is 0 Å². The van der Waals surface area contributed by atoms with Crippen LogP contribution in [0.3, 0.4) is 0 Å². The number of hydrogen-bond acceptors (Lipinski definition) is 2. The number of anilines is 1. The second-order valence-corrected chi connectivity index (χ2v) is 5.78. The van der Waals surface area contributed by atoms with Gasteiger partial charge in [0.2, 0.25) is 0 Å². The second kappa shape index (κ2) is 6.37. The summed E-state index contributed by atoms with van der Waals surface area (Å²) in [7, 11) is 0. The fourth-order valence-electron chi connectivity index (χ4n) is 1.71. The maximum atomic E-state index is 13.2. The van der Waals surface area contributed by atoms with E-state index in [1.807, 2.05) is 12.1 Å². The number of carbonyl (C=O) groups is 1. The Morgan fingerprint density at radius 1 is 1.15 bits per heavy atom. The van der Waals surface area contributed by atoms with Crippen LogP contribution in [0.25, 0.3) is 0 Å². The van der Waals surface area contributed by atoms with Gasteiger partial charge in [0.05, 0.1) is 4.47 Å². The number of carboxylic acid groups (broad SMARTS) is 1. The van der Waals surface area contributed by atoms with E-state index in [1.165, 1.54) is 18.2 Å². The molecule has 0 amide bonds. The van der Waals surface area contributed by atoms with E-state index >= 15 is 0 Å². The highest BCUT2D eigenvalue weighted by atomic mass is 79.9. The molecule has 0 spiro atoms. The first-order valence-corrected chi connectivity index (χ1v) is 7.26. The SMILES string of the molecule is O=C(O)C(Nc1ccccc1Br)c1ccc(F)c(Br)c1. The predicted molar refractivity (Wildman–Crippen MR) is 82.2 cm³/mol. The summed E-state index contributed by atoms with van der Waals surface area (Å²) in [4.78, 5) is 11.4. The van der Waals surface area contributed by atoms with Gasteiger partial charge in [-0.3, -0.25) is 0 Å². The van der Waals surface area contributed by atoms with Crippen LogP contribution < -0.4 is 5.32 Å². The zero-order chi connectivity index (χ0) is 14.7. The van der Waals surface area contributed by atoms with E-state index in [9.17, 15) is 14.3 Å². The van der Waals surface area contributed by atoms with Crippen LogP contribution in [0.15, 0.2) is 51.4 Å². The molecule has 0 aliphatic rings. The molecule has 1 unspecified atom stereocenters. The van der Waals surface area contributed by atoms with Crippen molar-refractivity contribution in [3.05, 3.63) is 62.8 Å². The fraction of sp³-hybridized carbons (Fsp3) is 0.0714. The summed E-state index contributed by atoms with van der Waals surface area (Å²) in [6.45, 7) is 0. The van der Waals surface area contributed by atoms with Crippen LogP contribution >= 0.6 is 31.9 Å². The molecule has 6 heteroatoms. The van der Waals surface area contributed by atoms with Gasteiger partial charge in [0, 0.05) is 10.2 Å². The number of benzene rings is 2. The summed E-state index contributed by atoms with van der Waals surface area (Å²) in [6, 6.07) is 10.4. The van der Waals surface area contributed by atoms with Crippen LogP contribution in [-0.2, 0) is 4.79 Å². The average Bonchev–Trinajstić information content (AvgIpc) is 2.41. The molecule has 0 aromatic heterocycles. The normalized spacial score (nSPS) is 11.9. The summed E-state index contributed by atoms with van der Waals surface area (Å²) < 4.78 is 14.2. The Morgan fingerprint density at radius 2 is 1.85 bits per heavy atom. The number of aliphatic carboxylic acids is 1. The monoisotopic (exact) mass is 401 g/mol. The van der Waals surface area contributed by atoms with Gasteiger partial charge < -0.3 is 10.4 Å². The van der Waals surface area contributed by atoms with E-state index in [1.54, 1.807) is 12.1 Å². The van der Waals surface area contributed by atoms with E-state index in [0.717, 1.165) is 4.47 Å². The topological polar surface area (TPSA) is 49.3 Å². The molecular formula is C14H10Br2FNO2. The van der Waals surface area contributed by atoms with E-state index in [-0.39, 0.29) is 4.47 Å². The van der Waals surface area contributed by atoms with Crippen molar-refractivity contribution < 1.29 is 14.3 Å². The summed E-state index contributed by atoms with van der Waals surface area (Å²) >= 11 is 6.41. The van der Waals surface area contributed by atoms with Gasteiger partial charge in [0.25, 0.3) is 0 Å². The number of halogens is 3. The molecule has 0 saturated carbocycles. The first kappa shape index (κ1) is 15.0. The van der Waals surface area contributed by atoms with Gasteiger partial charge in [-0.15, -0.1) is 0 Å². The quantitative estimate of drug-likeness (QED) is 0.786. The molecule has 2 aromatic carbocycles. The molecule has 0 saturated heterocycles. The Bertz CT molecular complexity index is 649. The molecule has 0 radical (unpaired) electrons. The van der Waals surface area contributed by atoms with Crippen molar-refractivity contribution in [2.45, 2.75) is 6.04 Å². The maximum Gasteiger partial charge on any atom is 0.330 e. The molecule has 2 aromatic rings. The van der Waals surface area contributed by atoms with Crippen molar-refractivity contribution >= 4 is 43.5 Å². The van der Waals surface area contributed by atoms with E-state index in [4.69, 9.17) is 0 Å². The molecule has 0 aliphatic heterocycles. The third-order valence-electron chi connectivity index (χ3n) is 2.70. The van der Waals surface area contributed by atoms with Crippen molar-refractivity contribution in [2.24, 2.45) is 0 Å². The molecule has 0 bridgehead atoms. The highest BCUT2D eigenvalue weighted by molar-refractivity contribution is 9.10. The molecule has 20 heavy (non-hydrogen) atoms. The summed E-state index contributed by atoms with van der Waals surface area (Å²) in [5, 5.41) is 12.3. The molecule has 0 fully saturated rings. The zero-order valence-electron chi connectivity index (χ0n) is 10.1. The second-order valence-electron chi connectivity index (χ2n) is 4.07. The summed E-state index contributed by atoms with van der Waals surface area (Å²) in [6.07, 6.45) is 0. The van der Waals surface area contributed by atoms with Gasteiger partial charge in [-0.1, -0.05) is 18.2 Å². The highest BCUT2D eigenvalue weighted by Crippen LogP contribution is 2.28. The van der Waals surface area contributed by atoms with Gasteiger partial charge in [0.15, 0.2) is 6.04 Å². The van der Waals surface area contributed by atoms with E-state index in [0.29, 0.717) is 11.3 Å². The van der Waals surface area contributed by atoms with Gasteiger partial charge >= 0.3 is 5.97 Å².